The molecule has 6 heteroatoms. The van der Waals surface area contributed by atoms with Gasteiger partial charge >= 0.3 is 0 Å². The Morgan fingerprint density at radius 2 is 1.96 bits per heavy atom. The monoisotopic (exact) mass is 344 g/mol. The van der Waals surface area contributed by atoms with Crippen LogP contribution in [-0.4, -0.2) is 61.0 Å². The number of nitrogens with one attached hydrogen (secondary N) is 1. The fraction of sp³-hybridized carbons (Fsp3) is 0.444. The lowest BCUT2D eigenvalue weighted by molar-refractivity contribution is -0.110. The summed E-state index contributed by atoms with van der Waals surface area (Å²) in [6.45, 7) is 7.14. The number of piperazine rings is 1. The second kappa shape index (κ2) is 7.88. The number of thiazole rings is 1. The highest BCUT2D eigenvalue weighted by atomic mass is 32.1. The number of carbonyl (C=O) groups excluding carboxylic acids is 1. The Morgan fingerprint density at radius 1 is 1.25 bits per heavy atom. The highest BCUT2D eigenvalue weighted by Crippen LogP contribution is 2.28. The molecule has 1 aromatic carbocycles. The van der Waals surface area contributed by atoms with Gasteiger partial charge in [0.15, 0.2) is 0 Å². The van der Waals surface area contributed by atoms with E-state index in [9.17, 15) is 4.79 Å². The van der Waals surface area contributed by atoms with Crippen LogP contribution in [0.25, 0.3) is 10.4 Å². The van der Waals surface area contributed by atoms with Crippen molar-refractivity contribution in [2.45, 2.75) is 13.0 Å². The average Bonchev–Trinajstić information content (AvgIpc) is 3.03. The van der Waals surface area contributed by atoms with E-state index >= 15 is 0 Å². The second-order valence-corrected chi connectivity index (χ2v) is 7.18. The van der Waals surface area contributed by atoms with Crippen LogP contribution in [0.15, 0.2) is 29.8 Å². The van der Waals surface area contributed by atoms with Gasteiger partial charge in [-0.05, 0) is 25.1 Å². The van der Waals surface area contributed by atoms with Gasteiger partial charge in [-0.25, -0.2) is 4.98 Å². The molecule has 2 heterocycles. The zero-order valence-electron chi connectivity index (χ0n) is 14.2. The zero-order valence-corrected chi connectivity index (χ0v) is 15.1. The van der Waals surface area contributed by atoms with Gasteiger partial charge in [0.2, 0.25) is 6.41 Å². The molecule has 1 N–H and O–H groups in total. The number of hydrogen-bond donors (Lipinski definition) is 1. The van der Waals surface area contributed by atoms with Crippen molar-refractivity contribution in [3.05, 3.63) is 41.0 Å². The van der Waals surface area contributed by atoms with Gasteiger partial charge < -0.3 is 10.2 Å². The lowest BCUT2D eigenvalue weighted by Crippen LogP contribution is -2.47. The van der Waals surface area contributed by atoms with Gasteiger partial charge in [-0.15, -0.1) is 11.3 Å². The van der Waals surface area contributed by atoms with Crippen LogP contribution in [0.5, 0.6) is 0 Å². The lowest BCUT2D eigenvalue weighted by atomic mass is 10.0. The van der Waals surface area contributed by atoms with Crippen molar-refractivity contribution in [2.24, 2.45) is 0 Å². The first kappa shape index (κ1) is 17.1. The number of amides is 1. The van der Waals surface area contributed by atoms with Gasteiger partial charge in [0, 0.05) is 32.7 Å². The summed E-state index contributed by atoms with van der Waals surface area (Å²) < 4.78 is 0. The van der Waals surface area contributed by atoms with Crippen LogP contribution in [0.3, 0.4) is 0 Å². The fourth-order valence-electron chi connectivity index (χ4n) is 3.07. The topological polar surface area (TPSA) is 48.5 Å². The van der Waals surface area contributed by atoms with Crippen molar-refractivity contribution < 1.29 is 4.79 Å². The third-order valence-corrected chi connectivity index (χ3v) is 5.60. The maximum atomic E-state index is 11.0. The van der Waals surface area contributed by atoms with E-state index in [-0.39, 0.29) is 6.04 Å². The van der Waals surface area contributed by atoms with Gasteiger partial charge in [-0.2, -0.15) is 0 Å². The number of likely N-dealkylation sites (N-methyl/N-ethyl adjacent to an activating group) is 1. The van der Waals surface area contributed by atoms with Crippen molar-refractivity contribution in [2.75, 3.05) is 39.8 Å². The first-order chi connectivity index (χ1) is 11.7. The molecule has 5 nitrogen and oxygen atoms in total. The number of nitrogens with zero attached hydrogens (tertiary/aromatic N) is 3. The van der Waals surface area contributed by atoms with Gasteiger partial charge in [0.25, 0.3) is 0 Å². The van der Waals surface area contributed by atoms with Crippen LogP contribution in [0, 0.1) is 6.92 Å². The van der Waals surface area contributed by atoms with E-state index in [1.807, 2.05) is 12.4 Å². The molecule has 1 amide bonds. The number of aryl methyl sites for hydroxylation is 1. The molecule has 3 rings (SSSR count). The van der Waals surface area contributed by atoms with Crippen molar-refractivity contribution in [1.29, 1.82) is 0 Å². The minimum atomic E-state index is 0.0301. The third-order valence-electron chi connectivity index (χ3n) is 4.63. The summed E-state index contributed by atoms with van der Waals surface area (Å²) in [5.74, 6) is 0. The van der Waals surface area contributed by atoms with E-state index in [0.29, 0.717) is 0 Å². The van der Waals surface area contributed by atoms with E-state index in [4.69, 9.17) is 0 Å². The van der Waals surface area contributed by atoms with Crippen molar-refractivity contribution >= 4 is 17.7 Å². The maximum Gasteiger partial charge on any atom is 0.207 e. The van der Waals surface area contributed by atoms with E-state index in [0.717, 1.165) is 50.4 Å². The molecule has 1 aliphatic rings. The van der Waals surface area contributed by atoms with E-state index < -0.39 is 0 Å². The molecule has 0 aliphatic carbocycles. The SMILES string of the molecule is Cc1ncsc1-c1ccc(C(CN2CCN(C)CC2)NC=O)cc1. The number of rotatable bonds is 6. The average molecular weight is 344 g/mol. The number of aromatic nitrogens is 1. The molecule has 0 radical (unpaired) electrons. The standard InChI is InChI=1S/C18H24N4OS/c1-14-18(24-13-20-14)16-5-3-15(4-6-16)17(19-12-23)11-22-9-7-21(2)8-10-22/h3-6,12-13,17H,7-11H2,1-2H3,(H,19,23). The first-order valence-corrected chi connectivity index (χ1v) is 9.16. The normalized spacial score (nSPS) is 17.6. The van der Waals surface area contributed by atoms with Crippen LogP contribution in [-0.2, 0) is 4.79 Å². The third kappa shape index (κ3) is 4.01. The molecular formula is C18H24N4OS. The Kier molecular flexibility index (Phi) is 5.60. The van der Waals surface area contributed by atoms with Crippen molar-refractivity contribution in [3.8, 4) is 10.4 Å². The summed E-state index contributed by atoms with van der Waals surface area (Å²) in [4.78, 5) is 21.3. The van der Waals surface area contributed by atoms with Gasteiger partial charge in [0.1, 0.15) is 0 Å². The fourth-order valence-corrected chi connectivity index (χ4v) is 3.88. The second-order valence-electron chi connectivity index (χ2n) is 6.33. The summed E-state index contributed by atoms with van der Waals surface area (Å²) in [5.41, 5.74) is 5.27. The molecule has 1 saturated heterocycles. The summed E-state index contributed by atoms with van der Waals surface area (Å²) in [5, 5.41) is 2.98. The predicted octanol–water partition coefficient (Wildman–Crippen LogP) is 2.15. The molecule has 24 heavy (non-hydrogen) atoms. The zero-order chi connectivity index (χ0) is 16.9. The summed E-state index contributed by atoms with van der Waals surface area (Å²) >= 11 is 1.66. The van der Waals surface area contributed by atoms with E-state index in [2.05, 4.69) is 51.4 Å². The number of carbonyl (C=O) groups is 1. The molecule has 2 aromatic rings. The molecular weight excluding hydrogens is 320 g/mol. The smallest absolute Gasteiger partial charge is 0.207 e. The highest BCUT2D eigenvalue weighted by molar-refractivity contribution is 7.13. The minimum Gasteiger partial charge on any atom is -0.351 e. The molecule has 0 spiro atoms. The Bertz CT molecular complexity index is 662. The first-order valence-electron chi connectivity index (χ1n) is 8.28. The van der Waals surface area contributed by atoms with Crippen molar-refractivity contribution in [3.63, 3.8) is 0 Å². The van der Waals surface area contributed by atoms with Crippen LogP contribution in [0.2, 0.25) is 0 Å². The van der Waals surface area contributed by atoms with Crippen LogP contribution < -0.4 is 5.32 Å². The van der Waals surface area contributed by atoms with Gasteiger partial charge in [-0.3, -0.25) is 9.69 Å². The van der Waals surface area contributed by atoms with Crippen LogP contribution in [0.1, 0.15) is 17.3 Å². The Hall–Kier alpha value is -1.76. The predicted molar refractivity (Wildman–Crippen MR) is 98.2 cm³/mol. The quantitative estimate of drug-likeness (QED) is 0.816. The highest BCUT2D eigenvalue weighted by Gasteiger charge is 2.19. The van der Waals surface area contributed by atoms with Gasteiger partial charge in [-0.1, -0.05) is 24.3 Å². The molecule has 1 aliphatic heterocycles. The Labute approximate surface area is 147 Å². The molecule has 1 fully saturated rings. The van der Waals surface area contributed by atoms with Crippen molar-refractivity contribution in [1.82, 2.24) is 20.1 Å². The summed E-state index contributed by atoms with van der Waals surface area (Å²) in [6.07, 6.45) is 0.808. The van der Waals surface area contributed by atoms with Crippen LogP contribution in [0.4, 0.5) is 0 Å². The molecule has 0 saturated carbocycles. The van der Waals surface area contributed by atoms with Gasteiger partial charge in [0.05, 0.1) is 22.1 Å². The largest absolute Gasteiger partial charge is 0.351 e. The molecule has 1 atom stereocenters. The Balaban J connectivity index is 1.71. The lowest BCUT2D eigenvalue weighted by Gasteiger charge is -2.34. The molecule has 1 unspecified atom stereocenters. The van der Waals surface area contributed by atoms with E-state index in [1.54, 1.807) is 11.3 Å². The Morgan fingerprint density at radius 3 is 2.54 bits per heavy atom. The number of benzene rings is 1. The molecule has 128 valence electrons. The maximum absolute atomic E-state index is 11.0. The summed E-state index contributed by atoms with van der Waals surface area (Å²) in [7, 11) is 2.15. The molecule has 0 bridgehead atoms. The molecule has 1 aromatic heterocycles. The van der Waals surface area contributed by atoms with E-state index in [1.165, 1.54) is 10.4 Å². The van der Waals surface area contributed by atoms with Crippen LogP contribution >= 0.6 is 11.3 Å². The minimum absolute atomic E-state index is 0.0301. The summed E-state index contributed by atoms with van der Waals surface area (Å²) in [6, 6.07) is 8.51. The number of hydrogen-bond acceptors (Lipinski definition) is 5.